The lowest BCUT2D eigenvalue weighted by atomic mass is 10.1. The lowest BCUT2D eigenvalue weighted by molar-refractivity contribution is -0.149. The van der Waals surface area contributed by atoms with Crippen molar-refractivity contribution in [1.29, 1.82) is 0 Å². The molecule has 4 rings (SSSR count). The molecule has 1 N–H and O–H groups in total. The molecule has 4 aromatic rings. The minimum Gasteiger partial charge on any atom is -0.456 e. The van der Waals surface area contributed by atoms with Crippen molar-refractivity contribution in [2.24, 2.45) is 0 Å². The van der Waals surface area contributed by atoms with Crippen LogP contribution in [0.25, 0.3) is 10.9 Å². The predicted octanol–water partition coefficient (Wildman–Crippen LogP) is 1.44. The molecule has 2 aromatic heterocycles. The minimum absolute atomic E-state index is 0.160. The highest BCUT2D eigenvalue weighted by atomic mass is 16.5. The number of tetrazole rings is 1. The summed E-state index contributed by atoms with van der Waals surface area (Å²) in [5, 5.41) is 11.5. The maximum absolute atomic E-state index is 12.7. The lowest BCUT2D eigenvalue weighted by Crippen LogP contribution is -2.25. The Bertz CT molecular complexity index is 1140. The summed E-state index contributed by atoms with van der Waals surface area (Å²) in [4.78, 5) is 31.8. The number of nitrogens with zero attached hydrogens (tertiary/aromatic N) is 5. The van der Waals surface area contributed by atoms with Crippen LogP contribution < -0.4 is 5.56 Å². The molecule has 0 spiro atoms. The summed E-state index contributed by atoms with van der Waals surface area (Å²) in [7, 11) is 0. The fraction of sp³-hybridized carbons (Fsp3) is 0.158. The number of carbonyl (C=O) groups excluding carboxylic acids is 1. The summed E-state index contributed by atoms with van der Waals surface area (Å²) in [6.45, 7) is -0.160. The van der Waals surface area contributed by atoms with Crippen molar-refractivity contribution < 1.29 is 9.53 Å². The van der Waals surface area contributed by atoms with E-state index in [2.05, 4.69) is 25.5 Å². The number of hydrogen-bond donors (Lipinski definition) is 1. The van der Waals surface area contributed by atoms with Crippen molar-refractivity contribution in [2.45, 2.75) is 19.1 Å². The molecule has 28 heavy (non-hydrogen) atoms. The molecule has 0 radical (unpaired) electrons. The third-order valence-electron chi connectivity index (χ3n) is 4.24. The van der Waals surface area contributed by atoms with E-state index < -0.39 is 12.0 Å². The van der Waals surface area contributed by atoms with Crippen LogP contribution >= 0.6 is 0 Å². The van der Waals surface area contributed by atoms with Gasteiger partial charge in [-0.3, -0.25) is 4.79 Å². The highest BCUT2D eigenvalue weighted by molar-refractivity contribution is 5.77. The molecule has 0 aliphatic heterocycles. The molecule has 2 heterocycles. The molecule has 9 nitrogen and oxygen atoms in total. The number of aromatic nitrogens is 6. The molecule has 0 aliphatic carbocycles. The maximum Gasteiger partial charge on any atom is 0.331 e. The number of fused-ring (bicyclic) bond motifs is 1. The number of ether oxygens (including phenoxy) is 1. The third-order valence-corrected chi connectivity index (χ3v) is 4.24. The highest BCUT2D eigenvalue weighted by Gasteiger charge is 2.24. The van der Waals surface area contributed by atoms with Gasteiger partial charge in [0.2, 0.25) is 0 Å². The van der Waals surface area contributed by atoms with Gasteiger partial charge < -0.3 is 9.72 Å². The average molecular weight is 376 g/mol. The largest absolute Gasteiger partial charge is 0.456 e. The number of para-hydroxylation sites is 1. The van der Waals surface area contributed by atoms with Crippen molar-refractivity contribution >= 4 is 16.9 Å². The van der Waals surface area contributed by atoms with Gasteiger partial charge in [-0.2, -0.15) is 0 Å². The van der Waals surface area contributed by atoms with Gasteiger partial charge >= 0.3 is 5.97 Å². The van der Waals surface area contributed by atoms with Crippen LogP contribution in [-0.2, 0) is 22.6 Å². The highest BCUT2D eigenvalue weighted by Crippen LogP contribution is 2.15. The number of aromatic amines is 1. The second-order valence-electron chi connectivity index (χ2n) is 6.13. The Morgan fingerprint density at radius 3 is 2.68 bits per heavy atom. The molecule has 140 valence electrons. The van der Waals surface area contributed by atoms with Crippen molar-refractivity contribution in [3.63, 3.8) is 0 Å². The molecule has 0 saturated carbocycles. The lowest BCUT2D eigenvalue weighted by Gasteiger charge is -2.15. The Kier molecular flexibility index (Phi) is 4.87. The van der Waals surface area contributed by atoms with Gasteiger partial charge in [0.15, 0.2) is 6.04 Å². The third kappa shape index (κ3) is 3.78. The van der Waals surface area contributed by atoms with Crippen molar-refractivity contribution in [1.82, 2.24) is 30.2 Å². The van der Waals surface area contributed by atoms with Gasteiger partial charge in [-0.25, -0.2) is 14.5 Å². The number of hydrogen-bond acceptors (Lipinski definition) is 7. The zero-order chi connectivity index (χ0) is 19.3. The molecule has 0 bridgehead atoms. The summed E-state index contributed by atoms with van der Waals surface area (Å²) in [6, 6.07) is 15.7. The molecule has 0 unspecified atom stereocenters. The summed E-state index contributed by atoms with van der Waals surface area (Å²) < 4.78 is 6.76. The molecular formula is C19H16N6O3. The first kappa shape index (κ1) is 17.5. The predicted molar refractivity (Wildman–Crippen MR) is 99.2 cm³/mol. The Labute approximate surface area is 159 Å². The van der Waals surface area contributed by atoms with Crippen molar-refractivity contribution in [3.8, 4) is 0 Å². The normalized spacial score (nSPS) is 12.0. The van der Waals surface area contributed by atoms with Crippen LogP contribution in [-0.4, -0.2) is 36.1 Å². The van der Waals surface area contributed by atoms with Crippen LogP contribution in [0.4, 0.5) is 0 Å². The summed E-state index contributed by atoms with van der Waals surface area (Å²) >= 11 is 0. The van der Waals surface area contributed by atoms with Gasteiger partial charge in [-0.05, 0) is 28.1 Å². The number of H-pyrrole nitrogens is 1. The second kappa shape index (κ2) is 7.78. The Balaban J connectivity index is 1.52. The van der Waals surface area contributed by atoms with Crippen LogP contribution in [0.1, 0.15) is 17.4 Å². The van der Waals surface area contributed by atoms with E-state index in [1.54, 1.807) is 24.3 Å². The Morgan fingerprint density at radius 2 is 1.89 bits per heavy atom. The molecule has 9 heteroatoms. The van der Waals surface area contributed by atoms with Crippen molar-refractivity contribution in [2.75, 3.05) is 0 Å². The topological polar surface area (TPSA) is 116 Å². The first-order valence-electron chi connectivity index (χ1n) is 8.61. The first-order chi connectivity index (χ1) is 13.7. The Hall–Kier alpha value is -3.88. The van der Waals surface area contributed by atoms with E-state index in [-0.39, 0.29) is 18.0 Å². The minimum atomic E-state index is -0.732. The fourth-order valence-corrected chi connectivity index (χ4v) is 2.87. The number of rotatable bonds is 6. The van der Waals surface area contributed by atoms with E-state index in [9.17, 15) is 9.59 Å². The molecule has 0 fully saturated rings. The van der Waals surface area contributed by atoms with E-state index in [0.29, 0.717) is 17.3 Å². The quantitative estimate of drug-likeness (QED) is 0.506. The van der Waals surface area contributed by atoms with Crippen LogP contribution in [0, 0.1) is 0 Å². The monoisotopic (exact) mass is 376 g/mol. The summed E-state index contributed by atoms with van der Waals surface area (Å²) in [5.41, 5.74) is 1.20. The summed E-state index contributed by atoms with van der Waals surface area (Å²) in [5.74, 6) is -0.251. The van der Waals surface area contributed by atoms with Gasteiger partial charge in [-0.1, -0.05) is 42.5 Å². The van der Waals surface area contributed by atoms with Crippen LogP contribution in [0.3, 0.4) is 0 Å². The number of carbonyl (C=O) groups is 1. The van der Waals surface area contributed by atoms with Crippen molar-refractivity contribution in [3.05, 3.63) is 82.7 Å². The van der Waals surface area contributed by atoms with Crippen LogP contribution in [0.2, 0.25) is 0 Å². The molecule has 2 aromatic carbocycles. The van der Waals surface area contributed by atoms with Gasteiger partial charge in [-0.15, -0.1) is 5.10 Å². The van der Waals surface area contributed by atoms with Gasteiger partial charge in [0.05, 0.1) is 10.9 Å². The van der Waals surface area contributed by atoms with Crippen LogP contribution in [0.5, 0.6) is 0 Å². The van der Waals surface area contributed by atoms with Crippen LogP contribution in [0.15, 0.2) is 65.7 Å². The second-order valence-corrected chi connectivity index (χ2v) is 6.13. The molecule has 0 aliphatic rings. The zero-order valence-electron chi connectivity index (χ0n) is 14.7. The van der Waals surface area contributed by atoms with Gasteiger partial charge in [0.1, 0.15) is 18.8 Å². The zero-order valence-corrected chi connectivity index (χ0v) is 14.7. The standard InChI is InChI=1S/C19H16N6O3/c26-18-14-8-4-5-9-15(14)21-17(22-18)11-28-19(27)16(25-12-20-23-24-25)10-13-6-2-1-3-7-13/h1-9,12,16H,10-11H2,(H,21,22,26)/t16-/m0/s1. The molecular weight excluding hydrogens is 360 g/mol. The fourth-order valence-electron chi connectivity index (χ4n) is 2.87. The molecule has 0 amide bonds. The average Bonchev–Trinajstić information content (AvgIpc) is 3.25. The summed E-state index contributed by atoms with van der Waals surface area (Å²) in [6.07, 6.45) is 1.73. The smallest absolute Gasteiger partial charge is 0.331 e. The SMILES string of the molecule is O=C(OCc1nc2ccccc2c(=O)[nH]1)[C@H](Cc1ccccc1)n1cnnn1. The first-order valence-corrected chi connectivity index (χ1v) is 8.61. The number of nitrogens with one attached hydrogen (secondary N) is 1. The molecule has 1 atom stereocenters. The van der Waals surface area contributed by atoms with E-state index in [4.69, 9.17) is 4.74 Å². The molecule has 0 saturated heterocycles. The van der Waals surface area contributed by atoms with E-state index in [1.807, 2.05) is 30.3 Å². The number of benzene rings is 2. The Morgan fingerprint density at radius 1 is 1.11 bits per heavy atom. The number of esters is 1. The van der Waals surface area contributed by atoms with Gasteiger partial charge in [0, 0.05) is 6.42 Å². The van der Waals surface area contributed by atoms with E-state index in [0.717, 1.165) is 5.56 Å². The van der Waals surface area contributed by atoms with Gasteiger partial charge in [0.25, 0.3) is 5.56 Å². The van der Waals surface area contributed by atoms with E-state index in [1.165, 1.54) is 11.0 Å². The van der Waals surface area contributed by atoms with E-state index >= 15 is 0 Å². The maximum atomic E-state index is 12.7.